The zero-order chi connectivity index (χ0) is 16.4. The van der Waals surface area contributed by atoms with E-state index in [1.54, 1.807) is 16.3 Å². The molecule has 1 saturated heterocycles. The fourth-order valence-corrected chi connectivity index (χ4v) is 3.37. The molecule has 0 radical (unpaired) electrons. The molecular formula is C16H16ClN3O2S. The molecule has 1 fully saturated rings. The van der Waals surface area contributed by atoms with Crippen LogP contribution in [0.3, 0.4) is 0 Å². The summed E-state index contributed by atoms with van der Waals surface area (Å²) >= 11 is 7.57. The summed E-state index contributed by atoms with van der Waals surface area (Å²) in [6.45, 7) is 2.80. The second-order valence-corrected chi connectivity index (χ2v) is 6.96. The van der Waals surface area contributed by atoms with Crippen LogP contribution >= 0.6 is 22.9 Å². The molecule has 23 heavy (non-hydrogen) atoms. The number of hydrogen-bond donors (Lipinski definition) is 1. The molecule has 2 heterocycles. The van der Waals surface area contributed by atoms with Crippen molar-refractivity contribution in [3.05, 3.63) is 50.9 Å². The molecule has 120 valence electrons. The smallest absolute Gasteiger partial charge is 0.271 e. The Morgan fingerprint density at radius 3 is 2.96 bits per heavy atom. The van der Waals surface area contributed by atoms with E-state index in [1.807, 2.05) is 25.1 Å². The summed E-state index contributed by atoms with van der Waals surface area (Å²) in [6.07, 6.45) is 0.305. The van der Waals surface area contributed by atoms with Crippen LogP contribution in [0.4, 0.5) is 0 Å². The van der Waals surface area contributed by atoms with Crippen LogP contribution in [0.2, 0.25) is 5.02 Å². The van der Waals surface area contributed by atoms with E-state index in [-0.39, 0.29) is 17.9 Å². The summed E-state index contributed by atoms with van der Waals surface area (Å²) in [5.41, 5.74) is 1.31. The molecule has 1 aliphatic heterocycles. The number of halogens is 1. The van der Waals surface area contributed by atoms with Crippen molar-refractivity contribution >= 4 is 34.8 Å². The maximum atomic E-state index is 12.1. The van der Waals surface area contributed by atoms with Crippen molar-refractivity contribution in [2.45, 2.75) is 25.9 Å². The first-order valence-electron chi connectivity index (χ1n) is 7.27. The van der Waals surface area contributed by atoms with Gasteiger partial charge in [-0.2, -0.15) is 0 Å². The van der Waals surface area contributed by atoms with Crippen LogP contribution in [0.5, 0.6) is 0 Å². The lowest BCUT2D eigenvalue weighted by Crippen LogP contribution is -2.37. The molecule has 1 N–H and O–H groups in total. The van der Waals surface area contributed by atoms with Crippen molar-refractivity contribution < 1.29 is 9.59 Å². The highest BCUT2D eigenvalue weighted by Crippen LogP contribution is 2.21. The van der Waals surface area contributed by atoms with Gasteiger partial charge in [0.15, 0.2) is 0 Å². The van der Waals surface area contributed by atoms with Gasteiger partial charge in [-0.25, -0.2) is 4.98 Å². The zero-order valence-electron chi connectivity index (χ0n) is 12.6. The van der Waals surface area contributed by atoms with Gasteiger partial charge in [-0.3, -0.25) is 9.59 Å². The van der Waals surface area contributed by atoms with E-state index in [2.05, 4.69) is 10.3 Å². The van der Waals surface area contributed by atoms with Crippen LogP contribution < -0.4 is 5.32 Å². The van der Waals surface area contributed by atoms with E-state index in [9.17, 15) is 9.59 Å². The number of nitrogens with zero attached hydrogens (tertiary/aromatic N) is 2. The highest BCUT2D eigenvalue weighted by atomic mass is 35.5. The number of carbonyl (C=O) groups is 2. The third-order valence-corrected chi connectivity index (χ3v) is 4.86. The van der Waals surface area contributed by atoms with Crippen LogP contribution in [-0.4, -0.2) is 34.3 Å². The molecule has 1 aromatic carbocycles. The predicted molar refractivity (Wildman–Crippen MR) is 89.6 cm³/mol. The van der Waals surface area contributed by atoms with E-state index in [0.29, 0.717) is 30.2 Å². The molecule has 2 amide bonds. The Morgan fingerprint density at radius 1 is 1.48 bits per heavy atom. The SMILES string of the molecule is Cc1nc(C(=O)N[C@H]2CC(=O)N(Cc3ccccc3Cl)C2)cs1. The number of likely N-dealkylation sites (tertiary alicyclic amines) is 1. The number of nitrogens with one attached hydrogen (secondary N) is 1. The molecule has 7 heteroatoms. The maximum absolute atomic E-state index is 12.1. The molecule has 0 aliphatic carbocycles. The molecule has 1 atom stereocenters. The van der Waals surface area contributed by atoms with Crippen molar-refractivity contribution in [2.75, 3.05) is 6.54 Å². The lowest BCUT2D eigenvalue weighted by Gasteiger charge is -2.17. The Morgan fingerprint density at radius 2 is 2.26 bits per heavy atom. The van der Waals surface area contributed by atoms with Gasteiger partial charge in [0.2, 0.25) is 5.91 Å². The van der Waals surface area contributed by atoms with E-state index in [1.165, 1.54) is 11.3 Å². The Hall–Kier alpha value is -1.92. The molecule has 0 spiro atoms. The summed E-state index contributed by atoms with van der Waals surface area (Å²) in [5.74, 6) is -0.212. The highest BCUT2D eigenvalue weighted by Gasteiger charge is 2.31. The monoisotopic (exact) mass is 349 g/mol. The number of aryl methyl sites for hydroxylation is 1. The number of aromatic nitrogens is 1. The van der Waals surface area contributed by atoms with Gasteiger partial charge in [-0.15, -0.1) is 11.3 Å². The summed E-state index contributed by atoms with van der Waals surface area (Å²) in [4.78, 5) is 30.1. The summed E-state index contributed by atoms with van der Waals surface area (Å²) in [6, 6.07) is 7.27. The normalized spacial score (nSPS) is 17.6. The third kappa shape index (κ3) is 3.71. The summed E-state index contributed by atoms with van der Waals surface area (Å²) in [7, 11) is 0. The molecule has 0 unspecified atom stereocenters. The molecule has 0 saturated carbocycles. The van der Waals surface area contributed by atoms with E-state index in [4.69, 9.17) is 11.6 Å². The largest absolute Gasteiger partial charge is 0.346 e. The summed E-state index contributed by atoms with van der Waals surface area (Å²) < 4.78 is 0. The molecular weight excluding hydrogens is 334 g/mol. The van der Waals surface area contributed by atoms with Crippen molar-refractivity contribution in [1.82, 2.24) is 15.2 Å². The first-order valence-corrected chi connectivity index (χ1v) is 8.53. The number of carbonyl (C=O) groups excluding carboxylic acids is 2. The highest BCUT2D eigenvalue weighted by molar-refractivity contribution is 7.09. The number of rotatable bonds is 4. The Balaban J connectivity index is 1.61. The van der Waals surface area contributed by atoms with Gasteiger partial charge in [0, 0.05) is 29.9 Å². The second kappa shape index (κ2) is 6.68. The third-order valence-electron chi connectivity index (χ3n) is 3.72. The van der Waals surface area contributed by atoms with Gasteiger partial charge in [0.05, 0.1) is 11.0 Å². The average Bonchev–Trinajstić information content (AvgIpc) is 3.08. The van der Waals surface area contributed by atoms with Crippen LogP contribution in [-0.2, 0) is 11.3 Å². The van der Waals surface area contributed by atoms with Crippen molar-refractivity contribution in [2.24, 2.45) is 0 Å². The Bertz CT molecular complexity index is 746. The van der Waals surface area contributed by atoms with Crippen molar-refractivity contribution in [3.8, 4) is 0 Å². The first kappa shape index (κ1) is 16.0. The molecule has 3 rings (SSSR count). The molecule has 1 aliphatic rings. The molecule has 0 bridgehead atoms. The molecule has 1 aromatic heterocycles. The fraction of sp³-hybridized carbons (Fsp3) is 0.312. The lowest BCUT2D eigenvalue weighted by atomic mass is 10.2. The van der Waals surface area contributed by atoms with Gasteiger partial charge < -0.3 is 10.2 Å². The van der Waals surface area contributed by atoms with Gasteiger partial charge in [-0.05, 0) is 18.6 Å². The quantitative estimate of drug-likeness (QED) is 0.923. The van der Waals surface area contributed by atoms with Crippen LogP contribution in [0.15, 0.2) is 29.6 Å². The van der Waals surface area contributed by atoms with Crippen LogP contribution in [0.1, 0.15) is 27.5 Å². The van der Waals surface area contributed by atoms with Gasteiger partial charge >= 0.3 is 0 Å². The minimum absolute atomic E-state index is 0.0182. The van der Waals surface area contributed by atoms with E-state index >= 15 is 0 Å². The summed E-state index contributed by atoms with van der Waals surface area (Å²) in [5, 5.41) is 6.09. The van der Waals surface area contributed by atoms with E-state index in [0.717, 1.165) is 10.6 Å². The van der Waals surface area contributed by atoms with Crippen LogP contribution in [0.25, 0.3) is 0 Å². The molecule has 5 nitrogen and oxygen atoms in total. The lowest BCUT2D eigenvalue weighted by molar-refractivity contribution is -0.128. The number of benzene rings is 1. The second-order valence-electron chi connectivity index (χ2n) is 5.49. The van der Waals surface area contributed by atoms with Crippen LogP contribution in [0, 0.1) is 6.92 Å². The average molecular weight is 350 g/mol. The maximum Gasteiger partial charge on any atom is 0.271 e. The zero-order valence-corrected chi connectivity index (χ0v) is 14.2. The predicted octanol–water partition coefficient (Wildman–Crippen LogP) is 2.64. The minimum Gasteiger partial charge on any atom is -0.346 e. The van der Waals surface area contributed by atoms with Crippen molar-refractivity contribution in [3.63, 3.8) is 0 Å². The van der Waals surface area contributed by atoms with Gasteiger partial charge in [0.25, 0.3) is 5.91 Å². The van der Waals surface area contributed by atoms with Crippen molar-refractivity contribution in [1.29, 1.82) is 0 Å². The molecule has 2 aromatic rings. The minimum atomic E-state index is -0.230. The Labute approximate surface area is 143 Å². The first-order chi connectivity index (χ1) is 11.0. The number of thiazole rings is 1. The Kier molecular flexibility index (Phi) is 4.63. The van der Waals surface area contributed by atoms with E-state index < -0.39 is 0 Å². The number of amides is 2. The topological polar surface area (TPSA) is 62.3 Å². The standard InChI is InChI=1S/C16H16ClN3O2S/c1-10-18-14(9-23-10)16(22)19-12-6-15(21)20(8-12)7-11-4-2-3-5-13(11)17/h2-5,9,12H,6-8H2,1H3,(H,19,22)/t12-/m0/s1. The fourth-order valence-electron chi connectivity index (χ4n) is 2.58. The van der Waals surface area contributed by atoms with Gasteiger partial charge in [0.1, 0.15) is 5.69 Å². The number of hydrogen-bond acceptors (Lipinski definition) is 4. The van der Waals surface area contributed by atoms with Gasteiger partial charge in [-0.1, -0.05) is 29.8 Å².